The van der Waals surface area contributed by atoms with Crippen molar-refractivity contribution >= 4 is 38.3 Å². The summed E-state index contributed by atoms with van der Waals surface area (Å²) in [6, 6.07) is 13.8. The Morgan fingerprint density at radius 3 is 2.93 bits per heavy atom. The van der Waals surface area contributed by atoms with Gasteiger partial charge in [-0.1, -0.05) is 29.5 Å². The van der Waals surface area contributed by atoms with E-state index in [9.17, 15) is 4.79 Å². The minimum absolute atomic E-state index is 0.00762. The molecule has 28 heavy (non-hydrogen) atoms. The predicted molar refractivity (Wildman–Crippen MR) is 110 cm³/mol. The van der Waals surface area contributed by atoms with Crippen LogP contribution in [0.2, 0.25) is 0 Å². The minimum Gasteiger partial charge on any atom is -0.492 e. The van der Waals surface area contributed by atoms with Crippen molar-refractivity contribution in [1.82, 2.24) is 4.98 Å². The molecule has 2 aliphatic rings. The van der Waals surface area contributed by atoms with Crippen molar-refractivity contribution in [2.75, 3.05) is 43.1 Å². The molecule has 7 heteroatoms. The molecular weight excluding hydrogens is 374 g/mol. The van der Waals surface area contributed by atoms with Crippen LogP contribution in [0.5, 0.6) is 5.75 Å². The topological polar surface area (TPSA) is 63.7 Å². The molecule has 1 atom stereocenters. The van der Waals surface area contributed by atoms with Gasteiger partial charge in [0, 0.05) is 18.8 Å². The van der Waals surface area contributed by atoms with Gasteiger partial charge in [0.25, 0.3) is 0 Å². The molecule has 5 rings (SSSR count). The number of morpholine rings is 1. The number of nitrogens with zero attached hydrogens (tertiary/aromatic N) is 2. The van der Waals surface area contributed by atoms with Crippen molar-refractivity contribution < 1.29 is 14.3 Å². The number of anilines is 2. The van der Waals surface area contributed by atoms with Crippen molar-refractivity contribution in [1.29, 1.82) is 0 Å². The van der Waals surface area contributed by atoms with Crippen LogP contribution in [0.25, 0.3) is 10.2 Å². The second kappa shape index (κ2) is 7.41. The number of benzene rings is 2. The van der Waals surface area contributed by atoms with Crippen molar-refractivity contribution in [2.45, 2.75) is 6.42 Å². The fraction of sp³-hybridized carbons (Fsp3) is 0.333. The first kappa shape index (κ1) is 17.5. The number of hydrogen-bond donors (Lipinski definition) is 1. The van der Waals surface area contributed by atoms with Gasteiger partial charge >= 0.3 is 0 Å². The van der Waals surface area contributed by atoms with Gasteiger partial charge in [-0.05, 0) is 36.2 Å². The van der Waals surface area contributed by atoms with Crippen molar-refractivity contribution in [3.63, 3.8) is 0 Å². The van der Waals surface area contributed by atoms with E-state index in [1.165, 1.54) is 0 Å². The number of carbonyl (C=O) groups excluding carboxylic acids is 1. The molecule has 1 N–H and O–H groups in total. The lowest BCUT2D eigenvalue weighted by molar-refractivity contribution is -0.121. The molecule has 3 heterocycles. The zero-order valence-electron chi connectivity index (χ0n) is 15.4. The quantitative estimate of drug-likeness (QED) is 0.737. The third kappa shape index (κ3) is 3.43. The molecule has 0 radical (unpaired) electrons. The maximum atomic E-state index is 12.7. The molecule has 0 bridgehead atoms. The molecule has 1 fully saturated rings. The summed E-state index contributed by atoms with van der Waals surface area (Å²) in [7, 11) is 0. The highest BCUT2D eigenvalue weighted by atomic mass is 32.1. The molecule has 3 aromatic rings. The molecule has 0 spiro atoms. The van der Waals surface area contributed by atoms with Crippen LogP contribution in [0.4, 0.5) is 10.8 Å². The van der Waals surface area contributed by atoms with Gasteiger partial charge in [-0.2, -0.15) is 0 Å². The van der Waals surface area contributed by atoms with Gasteiger partial charge in [0.2, 0.25) is 5.91 Å². The Kier molecular flexibility index (Phi) is 4.62. The van der Waals surface area contributed by atoms with Crippen LogP contribution in [-0.2, 0) is 16.0 Å². The van der Waals surface area contributed by atoms with Crippen LogP contribution in [0.1, 0.15) is 5.56 Å². The number of hydrogen-bond acceptors (Lipinski definition) is 6. The number of ether oxygens (including phenoxy) is 2. The lowest BCUT2D eigenvalue weighted by Gasteiger charge is -2.25. The van der Waals surface area contributed by atoms with Crippen molar-refractivity contribution in [3.8, 4) is 5.75 Å². The lowest BCUT2D eigenvalue weighted by atomic mass is 9.96. The highest BCUT2D eigenvalue weighted by Gasteiger charge is 2.26. The second-order valence-corrected chi connectivity index (χ2v) is 8.10. The van der Waals surface area contributed by atoms with Crippen molar-refractivity contribution in [3.05, 3.63) is 48.0 Å². The first-order valence-corrected chi connectivity index (χ1v) is 10.3. The highest BCUT2D eigenvalue weighted by Crippen LogP contribution is 2.32. The average molecular weight is 395 g/mol. The minimum atomic E-state index is -0.184. The van der Waals surface area contributed by atoms with Gasteiger partial charge in [0.1, 0.15) is 12.4 Å². The summed E-state index contributed by atoms with van der Waals surface area (Å²) in [6.45, 7) is 3.62. The van der Waals surface area contributed by atoms with Crippen LogP contribution in [0.15, 0.2) is 42.5 Å². The number of carbonyl (C=O) groups is 1. The molecule has 2 aliphatic heterocycles. The van der Waals surface area contributed by atoms with E-state index in [1.807, 2.05) is 42.5 Å². The summed E-state index contributed by atoms with van der Waals surface area (Å²) < 4.78 is 12.2. The zero-order valence-corrected chi connectivity index (χ0v) is 16.2. The number of aromatic nitrogens is 1. The van der Waals surface area contributed by atoms with Gasteiger partial charge in [0.05, 0.1) is 29.3 Å². The standard InChI is InChI=1S/C21H21N3O3S/c25-20(15-11-14-3-1-2-4-18(14)27-13-15)22-16-5-6-17-19(12-16)28-21(23-17)24-7-9-26-10-8-24/h1-6,12,15H,7-11,13H2,(H,22,25). The van der Waals surface area contributed by atoms with E-state index in [1.54, 1.807) is 11.3 Å². The van der Waals surface area contributed by atoms with E-state index in [0.29, 0.717) is 13.0 Å². The van der Waals surface area contributed by atoms with Crippen molar-refractivity contribution in [2.24, 2.45) is 5.92 Å². The maximum Gasteiger partial charge on any atom is 0.231 e. The Balaban J connectivity index is 1.30. The van der Waals surface area contributed by atoms with E-state index in [-0.39, 0.29) is 11.8 Å². The van der Waals surface area contributed by atoms with E-state index in [4.69, 9.17) is 14.5 Å². The third-order valence-electron chi connectivity index (χ3n) is 5.18. The summed E-state index contributed by atoms with van der Waals surface area (Å²) in [5, 5.41) is 4.06. The molecule has 1 aromatic heterocycles. The summed E-state index contributed by atoms with van der Waals surface area (Å²) in [4.78, 5) is 19.7. The van der Waals surface area contributed by atoms with Gasteiger partial charge in [-0.25, -0.2) is 4.98 Å². The Morgan fingerprint density at radius 1 is 1.18 bits per heavy atom. The molecule has 0 saturated carbocycles. The number of thiazole rings is 1. The zero-order chi connectivity index (χ0) is 18.9. The Bertz CT molecular complexity index is 1010. The van der Waals surface area contributed by atoms with Gasteiger partial charge in [-0.15, -0.1) is 0 Å². The van der Waals surface area contributed by atoms with Gasteiger partial charge in [-0.3, -0.25) is 4.79 Å². The normalized spacial score (nSPS) is 19.1. The molecule has 6 nitrogen and oxygen atoms in total. The van der Waals surface area contributed by atoms with E-state index < -0.39 is 0 Å². The smallest absolute Gasteiger partial charge is 0.231 e. The fourth-order valence-electron chi connectivity index (χ4n) is 3.62. The number of amides is 1. The molecule has 2 aromatic carbocycles. The van der Waals surface area contributed by atoms with E-state index in [0.717, 1.165) is 58.7 Å². The molecule has 1 saturated heterocycles. The summed E-state index contributed by atoms with van der Waals surface area (Å²) in [5.41, 5.74) is 2.84. The Morgan fingerprint density at radius 2 is 2.04 bits per heavy atom. The van der Waals surface area contributed by atoms with E-state index >= 15 is 0 Å². The molecular formula is C21H21N3O3S. The number of rotatable bonds is 3. The third-order valence-corrected chi connectivity index (χ3v) is 6.25. The number of para-hydroxylation sites is 1. The summed E-state index contributed by atoms with van der Waals surface area (Å²) in [5.74, 6) is 0.691. The SMILES string of the molecule is O=C(Nc1ccc2nc(N3CCOCC3)sc2c1)C1COc2ccccc2C1. The molecule has 1 unspecified atom stereocenters. The lowest BCUT2D eigenvalue weighted by Crippen LogP contribution is -2.36. The molecule has 1 amide bonds. The average Bonchev–Trinajstić information content (AvgIpc) is 3.17. The van der Waals surface area contributed by atoms with Crippen LogP contribution < -0.4 is 15.0 Å². The summed E-state index contributed by atoms with van der Waals surface area (Å²) in [6.07, 6.45) is 0.700. The van der Waals surface area contributed by atoms with Crippen LogP contribution in [-0.4, -0.2) is 43.8 Å². The predicted octanol–water partition coefficient (Wildman–Crippen LogP) is 3.32. The number of fused-ring (bicyclic) bond motifs is 2. The highest BCUT2D eigenvalue weighted by molar-refractivity contribution is 7.22. The first-order chi connectivity index (χ1) is 13.8. The monoisotopic (exact) mass is 395 g/mol. The van der Waals surface area contributed by atoms with E-state index in [2.05, 4.69) is 10.2 Å². The maximum absolute atomic E-state index is 12.7. The summed E-state index contributed by atoms with van der Waals surface area (Å²) >= 11 is 1.65. The fourth-order valence-corrected chi connectivity index (χ4v) is 4.68. The van der Waals surface area contributed by atoms with Crippen LogP contribution in [0, 0.1) is 5.92 Å². The second-order valence-electron chi connectivity index (χ2n) is 7.09. The molecule has 144 valence electrons. The van der Waals surface area contributed by atoms with Gasteiger partial charge < -0.3 is 19.7 Å². The largest absolute Gasteiger partial charge is 0.492 e. The van der Waals surface area contributed by atoms with Crippen LogP contribution >= 0.6 is 11.3 Å². The van der Waals surface area contributed by atoms with Gasteiger partial charge in [0.15, 0.2) is 5.13 Å². The Labute approximate surface area is 167 Å². The number of nitrogens with one attached hydrogen (secondary N) is 1. The first-order valence-electron chi connectivity index (χ1n) is 9.51. The Hall–Kier alpha value is -2.64. The molecule has 0 aliphatic carbocycles. The van der Waals surface area contributed by atoms with Crippen LogP contribution in [0.3, 0.4) is 0 Å².